The Labute approximate surface area is 165 Å². The topological polar surface area (TPSA) is 49.7 Å². The van der Waals surface area contributed by atoms with Gasteiger partial charge in [0.1, 0.15) is 18.5 Å². The lowest BCUT2D eigenvalue weighted by Gasteiger charge is -2.23. The molecule has 28 heavy (non-hydrogen) atoms. The molecule has 0 N–H and O–H groups in total. The SMILES string of the molecule is Cc1cc(OC[C@H]2COCCO2)cc(=O)n1Cc1cccc(C#CC2CC2)c1. The molecule has 1 aromatic heterocycles. The van der Waals surface area contributed by atoms with Crippen molar-refractivity contribution in [3.05, 3.63) is 63.6 Å². The molecule has 1 saturated carbocycles. The van der Waals surface area contributed by atoms with Gasteiger partial charge in [-0.3, -0.25) is 4.79 Å². The van der Waals surface area contributed by atoms with Crippen LogP contribution in [0.4, 0.5) is 0 Å². The molecule has 4 rings (SSSR count). The first-order valence-corrected chi connectivity index (χ1v) is 9.81. The number of rotatable bonds is 5. The van der Waals surface area contributed by atoms with Crippen molar-refractivity contribution >= 4 is 0 Å². The molecule has 0 spiro atoms. The van der Waals surface area contributed by atoms with Crippen molar-refractivity contribution < 1.29 is 14.2 Å². The lowest BCUT2D eigenvalue weighted by atomic mass is 10.1. The molecule has 1 saturated heterocycles. The van der Waals surface area contributed by atoms with E-state index >= 15 is 0 Å². The molecule has 1 aliphatic carbocycles. The molecule has 0 unspecified atom stereocenters. The number of nitrogens with zero attached hydrogens (tertiary/aromatic N) is 1. The third-order valence-corrected chi connectivity index (χ3v) is 4.90. The molecule has 0 amide bonds. The first-order valence-electron chi connectivity index (χ1n) is 9.81. The summed E-state index contributed by atoms with van der Waals surface area (Å²) in [5.74, 6) is 7.66. The fourth-order valence-electron chi connectivity index (χ4n) is 3.15. The minimum absolute atomic E-state index is 0.0784. The molecule has 0 bridgehead atoms. The first-order chi connectivity index (χ1) is 13.7. The number of ether oxygens (including phenoxy) is 3. The van der Waals surface area contributed by atoms with Crippen molar-refractivity contribution in [2.45, 2.75) is 32.4 Å². The van der Waals surface area contributed by atoms with Crippen molar-refractivity contribution in [2.24, 2.45) is 5.92 Å². The maximum Gasteiger partial charge on any atom is 0.254 e. The van der Waals surface area contributed by atoms with Crippen LogP contribution < -0.4 is 10.3 Å². The van der Waals surface area contributed by atoms with E-state index in [1.54, 1.807) is 4.57 Å². The lowest BCUT2D eigenvalue weighted by molar-refractivity contribution is -0.101. The number of pyridine rings is 1. The highest BCUT2D eigenvalue weighted by Gasteiger charge is 2.18. The average molecular weight is 379 g/mol. The molecule has 1 aromatic carbocycles. The van der Waals surface area contributed by atoms with E-state index in [2.05, 4.69) is 17.9 Å². The third kappa shape index (κ3) is 5.03. The summed E-state index contributed by atoms with van der Waals surface area (Å²) in [4.78, 5) is 12.6. The maximum absolute atomic E-state index is 12.6. The summed E-state index contributed by atoms with van der Waals surface area (Å²) in [5.41, 5.74) is 2.85. The first kappa shape index (κ1) is 18.8. The van der Waals surface area contributed by atoms with Crippen LogP contribution in [0.5, 0.6) is 5.75 Å². The summed E-state index contributed by atoms with van der Waals surface area (Å²) in [6.07, 6.45) is 2.35. The Morgan fingerprint density at radius 1 is 1.21 bits per heavy atom. The highest BCUT2D eigenvalue weighted by molar-refractivity contribution is 5.38. The summed E-state index contributed by atoms with van der Waals surface area (Å²) >= 11 is 0. The Balaban J connectivity index is 1.44. The van der Waals surface area contributed by atoms with Crippen molar-refractivity contribution in [3.8, 4) is 17.6 Å². The molecule has 146 valence electrons. The second-order valence-corrected chi connectivity index (χ2v) is 7.38. The van der Waals surface area contributed by atoms with Crippen LogP contribution in [0.2, 0.25) is 0 Å². The van der Waals surface area contributed by atoms with E-state index in [1.165, 1.54) is 18.9 Å². The predicted molar refractivity (Wildman–Crippen MR) is 107 cm³/mol. The summed E-state index contributed by atoms with van der Waals surface area (Å²) in [6.45, 7) is 4.55. The summed E-state index contributed by atoms with van der Waals surface area (Å²) < 4.78 is 18.4. The van der Waals surface area contributed by atoms with Crippen LogP contribution in [0.3, 0.4) is 0 Å². The van der Waals surface area contributed by atoms with Gasteiger partial charge in [-0.05, 0) is 43.5 Å². The van der Waals surface area contributed by atoms with E-state index in [0.717, 1.165) is 16.8 Å². The van der Waals surface area contributed by atoms with Gasteiger partial charge >= 0.3 is 0 Å². The molecule has 2 aromatic rings. The second kappa shape index (κ2) is 8.64. The van der Waals surface area contributed by atoms with E-state index in [-0.39, 0.29) is 11.7 Å². The predicted octanol–water partition coefficient (Wildman–Crippen LogP) is 2.76. The Morgan fingerprint density at radius 3 is 2.86 bits per heavy atom. The third-order valence-electron chi connectivity index (χ3n) is 4.90. The molecule has 1 atom stereocenters. The number of aryl methyl sites for hydroxylation is 1. The van der Waals surface area contributed by atoms with Gasteiger partial charge in [0.2, 0.25) is 0 Å². The molecule has 0 radical (unpaired) electrons. The number of benzene rings is 1. The quantitative estimate of drug-likeness (QED) is 0.750. The molecule has 1 aliphatic heterocycles. The van der Waals surface area contributed by atoms with Crippen LogP contribution in [0.15, 0.2) is 41.2 Å². The Bertz CT molecular complexity index is 943. The minimum Gasteiger partial charge on any atom is -0.491 e. The number of aromatic nitrogens is 1. The van der Waals surface area contributed by atoms with Crippen molar-refractivity contribution in [1.82, 2.24) is 4.57 Å². The highest BCUT2D eigenvalue weighted by Crippen LogP contribution is 2.27. The molecule has 2 heterocycles. The summed E-state index contributed by atoms with van der Waals surface area (Å²) in [7, 11) is 0. The van der Waals surface area contributed by atoms with Gasteiger partial charge in [-0.2, -0.15) is 0 Å². The largest absolute Gasteiger partial charge is 0.491 e. The van der Waals surface area contributed by atoms with Gasteiger partial charge < -0.3 is 18.8 Å². The summed E-state index contributed by atoms with van der Waals surface area (Å²) in [6, 6.07) is 11.5. The minimum atomic E-state index is -0.0871. The van der Waals surface area contributed by atoms with Crippen LogP contribution in [-0.4, -0.2) is 37.1 Å². The van der Waals surface area contributed by atoms with Gasteiger partial charge in [-0.1, -0.05) is 24.0 Å². The van der Waals surface area contributed by atoms with Gasteiger partial charge in [0.25, 0.3) is 5.56 Å². The van der Waals surface area contributed by atoms with Gasteiger partial charge in [-0.25, -0.2) is 0 Å². The standard InChI is InChI=1S/C23H25NO4/c1-17-11-21(28-16-22-15-26-9-10-27-22)13-23(25)24(17)14-20-4-2-3-19(12-20)8-7-18-5-6-18/h2-4,11-13,18,22H,5-6,9-10,14-16H2,1H3/t22-/m1/s1. The Hall–Kier alpha value is -2.55. The van der Waals surface area contributed by atoms with Gasteiger partial charge in [0.05, 0.1) is 26.4 Å². The van der Waals surface area contributed by atoms with E-state index in [0.29, 0.717) is 44.6 Å². The van der Waals surface area contributed by atoms with E-state index in [9.17, 15) is 4.79 Å². The Kier molecular flexibility index (Phi) is 5.80. The van der Waals surface area contributed by atoms with Crippen molar-refractivity contribution in [3.63, 3.8) is 0 Å². The fraction of sp³-hybridized carbons (Fsp3) is 0.435. The highest BCUT2D eigenvalue weighted by atomic mass is 16.6. The van der Waals surface area contributed by atoms with Crippen LogP contribution in [0, 0.1) is 24.7 Å². The average Bonchev–Trinajstić information content (AvgIpc) is 3.53. The van der Waals surface area contributed by atoms with Crippen molar-refractivity contribution in [2.75, 3.05) is 26.4 Å². The monoisotopic (exact) mass is 379 g/mol. The number of hydrogen-bond acceptors (Lipinski definition) is 4. The van der Waals surface area contributed by atoms with Crippen LogP contribution in [0.1, 0.15) is 29.7 Å². The molecular weight excluding hydrogens is 354 g/mol. The van der Waals surface area contributed by atoms with Gasteiger partial charge in [0, 0.05) is 23.2 Å². The van der Waals surface area contributed by atoms with Crippen molar-refractivity contribution in [1.29, 1.82) is 0 Å². The zero-order chi connectivity index (χ0) is 19.3. The molecule has 2 aliphatic rings. The number of hydrogen-bond donors (Lipinski definition) is 0. The zero-order valence-electron chi connectivity index (χ0n) is 16.1. The van der Waals surface area contributed by atoms with E-state index in [1.807, 2.05) is 31.2 Å². The Morgan fingerprint density at radius 2 is 2.11 bits per heavy atom. The van der Waals surface area contributed by atoms with E-state index in [4.69, 9.17) is 14.2 Å². The molecule has 5 nitrogen and oxygen atoms in total. The molecule has 5 heteroatoms. The van der Waals surface area contributed by atoms with Gasteiger partial charge in [0.15, 0.2) is 0 Å². The lowest BCUT2D eigenvalue weighted by Crippen LogP contribution is -2.33. The van der Waals surface area contributed by atoms with Crippen LogP contribution >= 0.6 is 0 Å². The molecular formula is C23H25NO4. The van der Waals surface area contributed by atoms with Crippen LogP contribution in [0.25, 0.3) is 0 Å². The normalized spacial score (nSPS) is 19.0. The van der Waals surface area contributed by atoms with Crippen LogP contribution in [-0.2, 0) is 16.0 Å². The molecule has 2 fully saturated rings. The fourth-order valence-corrected chi connectivity index (χ4v) is 3.15. The maximum atomic E-state index is 12.6. The van der Waals surface area contributed by atoms with Gasteiger partial charge in [-0.15, -0.1) is 0 Å². The second-order valence-electron chi connectivity index (χ2n) is 7.38. The summed E-state index contributed by atoms with van der Waals surface area (Å²) in [5, 5.41) is 0. The smallest absolute Gasteiger partial charge is 0.254 e. The van der Waals surface area contributed by atoms with E-state index < -0.39 is 0 Å². The zero-order valence-corrected chi connectivity index (χ0v) is 16.1.